The Labute approximate surface area is 170 Å². The molecule has 0 unspecified atom stereocenters. The van der Waals surface area contributed by atoms with Crippen LogP contribution >= 0.6 is 11.3 Å². The Bertz CT molecular complexity index is 1010. The molecule has 4 rings (SSSR count). The van der Waals surface area contributed by atoms with Gasteiger partial charge in [-0.15, -0.1) is 11.3 Å². The molecule has 2 aliphatic heterocycles. The minimum Gasteiger partial charge on any atom is -0.314 e. The van der Waals surface area contributed by atoms with Crippen LogP contribution in [0.15, 0.2) is 23.6 Å². The van der Waals surface area contributed by atoms with E-state index < -0.39 is 24.3 Å². The molecule has 2 N–H and O–H groups in total. The van der Waals surface area contributed by atoms with Crippen molar-refractivity contribution < 1.29 is 18.8 Å². The quantitative estimate of drug-likeness (QED) is 0.792. The van der Waals surface area contributed by atoms with Gasteiger partial charge in [0.25, 0.3) is 0 Å². The summed E-state index contributed by atoms with van der Waals surface area (Å²) in [6.07, 6.45) is -1.05. The first kappa shape index (κ1) is 19.1. The van der Waals surface area contributed by atoms with Gasteiger partial charge in [-0.05, 0) is 30.7 Å². The predicted octanol–water partition coefficient (Wildman–Crippen LogP) is 1.87. The number of carbonyl (C=O) groups excluding carboxylic acids is 3. The van der Waals surface area contributed by atoms with Gasteiger partial charge in [0.15, 0.2) is 5.13 Å². The summed E-state index contributed by atoms with van der Waals surface area (Å²) in [4.78, 5) is 45.3. The van der Waals surface area contributed by atoms with Crippen LogP contribution in [0.2, 0.25) is 0 Å². The number of halogens is 1. The number of hydrogen-bond acceptors (Lipinski definition) is 5. The standard InChI is InChI=1S/C18H19FN6O3S/c1-9-6-10(4-5-11(9)19)12-8-29-16(20-12)21-13(26)7-25-15-14(22-17(25)27)23(2)18(28)24(15)3/h4-6,8,14-15H,7H2,1-3H3,(H,22,27)(H,20,21,26)/t14-,15-/m0/s1. The molecular weight excluding hydrogens is 399 g/mol. The van der Waals surface area contributed by atoms with Gasteiger partial charge < -0.3 is 20.4 Å². The molecule has 29 heavy (non-hydrogen) atoms. The summed E-state index contributed by atoms with van der Waals surface area (Å²) in [5, 5.41) is 7.52. The summed E-state index contributed by atoms with van der Waals surface area (Å²) < 4.78 is 13.4. The summed E-state index contributed by atoms with van der Waals surface area (Å²) in [5.74, 6) is -0.715. The van der Waals surface area contributed by atoms with Crippen molar-refractivity contribution in [2.75, 3.05) is 26.0 Å². The molecule has 2 saturated heterocycles. The molecule has 3 heterocycles. The van der Waals surface area contributed by atoms with Crippen molar-refractivity contribution in [3.05, 3.63) is 35.0 Å². The topological polar surface area (TPSA) is 97.9 Å². The number of carbonyl (C=O) groups is 3. The maximum absolute atomic E-state index is 13.4. The molecule has 11 heteroatoms. The molecule has 0 saturated carbocycles. The molecule has 0 bridgehead atoms. The van der Waals surface area contributed by atoms with Gasteiger partial charge in [0.1, 0.15) is 24.7 Å². The summed E-state index contributed by atoms with van der Waals surface area (Å²) in [6.45, 7) is 1.45. The van der Waals surface area contributed by atoms with Crippen molar-refractivity contribution in [2.24, 2.45) is 0 Å². The molecule has 9 nitrogen and oxygen atoms in total. The van der Waals surface area contributed by atoms with Crippen molar-refractivity contribution in [3.8, 4) is 11.3 Å². The number of rotatable bonds is 4. The second-order valence-electron chi connectivity index (χ2n) is 6.99. The lowest BCUT2D eigenvalue weighted by Gasteiger charge is -2.25. The molecule has 2 aliphatic rings. The summed E-state index contributed by atoms with van der Waals surface area (Å²) >= 11 is 1.23. The van der Waals surface area contributed by atoms with Crippen LogP contribution in [0.5, 0.6) is 0 Å². The highest BCUT2D eigenvalue weighted by atomic mass is 32.1. The third kappa shape index (κ3) is 3.27. The zero-order valence-corrected chi connectivity index (χ0v) is 16.8. The number of anilines is 1. The fraction of sp³-hybridized carbons (Fsp3) is 0.333. The normalized spacial score (nSPS) is 20.9. The zero-order valence-electron chi connectivity index (χ0n) is 16.0. The Morgan fingerprint density at radius 3 is 2.79 bits per heavy atom. The number of hydrogen-bond donors (Lipinski definition) is 2. The Morgan fingerprint density at radius 1 is 1.31 bits per heavy atom. The van der Waals surface area contributed by atoms with E-state index in [9.17, 15) is 18.8 Å². The second kappa shape index (κ2) is 6.99. The number of amides is 5. The van der Waals surface area contributed by atoms with Gasteiger partial charge in [0.05, 0.1) is 5.69 Å². The van der Waals surface area contributed by atoms with Crippen molar-refractivity contribution in [1.82, 2.24) is 25.0 Å². The molecule has 0 spiro atoms. The number of urea groups is 2. The van der Waals surface area contributed by atoms with Crippen LogP contribution in [0, 0.1) is 12.7 Å². The molecule has 5 amide bonds. The Kier molecular flexibility index (Phi) is 4.61. The molecule has 0 radical (unpaired) electrons. The van der Waals surface area contributed by atoms with Crippen molar-refractivity contribution in [3.63, 3.8) is 0 Å². The van der Waals surface area contributed by atoms with E-state index in [0.717, 1.165) is 5.56 Å². The van der Waals surface area contributed by atoms with Crippen LogP contribution in [-0.4, -0.2) is 70.6 Å². The SMILES string of the molecule is Cc1cc(-c2csc(NC(=O)CN3C(=O)N[C@@H]4[C@H]3N(C)C(=O)N4C)n2)ccc1F. The second-order valence-corrected chi connectivity index (χ2v) is 7.85. The highest BCUT2D eigenvalue weighted by Crippen LogP contribution is 2.28. The van der Waals surface area contributed by atoms with Gasteiger partial charge >= 0.3 is 12.1 Å². The lowest BCUT2D eigenvalue weighted by atomic mass is 10.1. The van der Waals surface area contributed by atoms with Crippen LogP contribution < -0.4 is 10.6 Å². The van der Waals surface area contributed by atoms with Gasteiger partial charge in [0, 0.05) is 25.0 Å². The largest absolute Gasteiger partial charge is 0.323 e. The van der Waals surface area contributed by atoms with E-state index in [4.69, 9.17) is 0 Å². The number of fused-ring (bicyclic) bond motifs is 1. The Balaban J connectivity index is 1.44. The number of likely N-dealkylation sites (N-methyl/N-ethyl adjacent to an activating group) is 2. The number of thiazole rings is 1. The molecule has 2 fully saturated rings. The first-order valence-electron chi connectivity index (χ1n) is 8.85. The molecule has 2 aromatic rings. The number of nitrogens with one attached hydrogen (secondary N) is 2. The fourth-order valence-corrected chi connectivity index (χ4v) is 4.26. The molecule has 1 aromatic heterocycles. The van der Waals surface area contributed by atoms with E-state index >= 15 is 0 Å². The Morgan fingerprint density at radius 2 is 2.07 bits per heavy atom. The van der Waals surface area contributed by atoms with Gasteiger partial charge in [-0.3, -0.25) is 9.69 Å². The van der Waals surface area contributed by atoms with Crippen LogP contribution in [0.25, 0.3) is 11.3 Å². The van der Waals surface area contributed by atoms with Crippen LogP contribution in [0.3, 0.4) is 0 Å². The average molecular weight is 418 g/mol. The first-order chi connectivity index (χ1) is 13.8. The van der Waals surface area contributed by atoms with Crippen LogP contribution in [-0.2, 0) is 4.79 Å². The van der Waals surface area contributed by atoms with Crippen LogP contribution in [0.1, 0.15) is 5.56 Å². The lowest BCUT2D eigenvalue weighted by Crippen LogP contribution is -2.47. The lowest BCUT2D eigenvalue weighted by molar-refractivity contribution is -0.117. The monoisotopic (exact) mass is 418 g/mol. The summed E-state index contributed by atoms with van der Waals surface area (Å²) in [5.41, 5.74) is 1.88. The smallest absolute Gasteiger partial charge is 0.314 e. The minimum atomic E-state index is -0.556. The molecule has 152 valence electrons. The van der Waals surface area contributed by atoms with Crippen LogP contribution in [0.4, 0.5) is 19.1 Å². The fourth-order valence-electron chi connectivity index (χ4n) is 3.52. The highest BCUT2D eigenvalue weighted by Gasteiger charge is 2.52. The van der Waals surface area contributed by atoms with Crippen molar-refractivity contribution in [2.45, 2.75) is 19.3 Å². The van der Waals surface area contributed by atoms with E-state index in [2.05, 4.69) is 15.6 Å². The maximum Gasteiger partial charge on any atom is 0.323 e. The van der Waals surface area contributed by atoms with E-state index in [1.54, 1.807) is 38.5 Å². The van der Waals surface area contributed by atoms with E-state index in [1.807, 2.05) is 0 Å². The van der Waals surface area contributed by atoms with Gasteiger partial charge in [-0.2, -0.15) is 0 Å². The van der Waals surface area contributed by atoms with Gasteiger partial charge in [-0.1, -0.05) is 0 Å². The molecule has 1 aromatic carbocycles. The third-order valence-electron chi connectivity index (χ3n) is 5.07. The number of aryl methyl sites for hydroxylation is 1. The maximum atomic E-state index is 13.4. The zero-order chi connectivity index (χ0) is 20.9. The third-order valence-corrected chi connectivity index (χ3v) is 5.83. The Hall–Kier alpha value is -3.21. The number of aromatic nitrogens is 1. The predicted molar refractivity (Wildman–Crippen MR) is 105 cm³/mol. The van der Waals surface area contributed by atoms with Crippen molar-refractivity contribution in [1.29, 1.82) is 0 Å². The minimum absolute atomic E-state index is 0.219. The van der Waals surface area contributed by atoms with Crippen molar-refractivity contribution >= 4 is 34.4 Å². The summed E-state index contributed by atoms with van der Waals surface area (Å²) in [6, 6.07) is 4.05. The average Bonchev–Trinajstić information content (AvgIpc) is 3.32. The number of benzene rings is 1. The summed E-state index contributed by atoms with van der Waals surface area (Å²) in [7, 11) is 3.19. The first-order valence-corrected chi connectivity index (χ1v) is 9.73. The van der Waals surface area contributed by atoms with E-state index in [0.29, 0.717) is 16.4 Å². The molecular formula is C18H19FN6O3S. The molecule has 2 atom stereocenters. The number of nitrogens with zero attached hydrogens (tertiary/aromatic N) is 4. The molecule has 0 aliphatic carbocycles. The van der Waals surface area contributed by atoms with E-state index in [-0.39, 0.29) is 18.4 Å². The van der Waals surface area contributed by atoms with Gasteiger partial charge in [-0.25, -0.2) is 19.0 Å². The van der Waals surface area contributed by atoms with E-state index in [1.165, 1.54) is 32.1 Å². The van der Waals surface area contributed by atoms with Gasteiger partial charge in [0.2, 0.25) is 5.91 Å². The highest BCUT2D eigenvalue weighted by molar-refractivity contribution is 7.14.